The SMILES string of the molecule is CCCc1c(Cl)nc(-c2ccccc2C2CC2)nc1Cl. The van der Waals surface area contributed by atoms with Crippen molar-refractivity contribution in [2.24, 2.45) is 0 Å². The van der Waals surface area contributed by atoms with E-state index in [0.717, 1.165) is 24.0 Å². The minimum atomic E-state index is 0.479. The van der Waals surface area contributed by atoms with E-state index in [9.17, 15) is 0 Å². The average Bonchev–Trinajstić information content (AvgIpc) is 3.27. The van der Waals surface area contributed by atoms with Crippen LogP contribution >= 0.6 is 23.2 Å². The highest BCUT2D eigenvalue weighted by Gasteiger charge is 2.27. The van der Waals surface area contributed by atoms with Crippen molar-refractivity contribution in [2.45, 2.75) is 38.5 Å². The first-order valence-corrected chi connectivity index (χ1v) is 7.77. The second kappa shape index (κ2) is 5.71. The lowest BCUT2D eigenvalue weighted by molar-refractivity contribution is 0.902. The van der Waals surface area contributed by atoms with E-state index in [1.807, 2.05) is 6.07 Å². The molecule has 1 aromatic heterocycles. The highest BCUT2D eigenvalue weighted by molar-refractivity contribution is 6.34. The molecule has 0 aliphatic heterocycles. The Labute approximate surface area is 129 Å². The minimum absolute atomic E-state index is 0.479. The van der Waals surface area contributed by atoms with Crippen LogP contribution in [0.4, 0.5) is 0 Å². The van der Waals surface area contributed by atoms with E-state index in [1.165, 1.54) is 18.4 Å². The summed E-state index contributed by atoms with van der Waals surface area (Å²) in [4.78, 5) is 8.93. The maximum absolute atomic E-state index is 6.28. The van der Waals surface area contributed by atoms with Gasteiger partial charge in [-0.2, -0.15) is 0 Å². The second-order valence-corrected chi connectivity index (χ2v) is 5.93. The van der Waals surface area contributed by atoms with Crippen LogP contribution in [0.15, 0.2) is 24.3 Å². The van der Waals surface area contributed by atoms with Gasteiger partial charge in [-0.3, -0.25) is 0 Å². The summed E-state index contributed by atoms with van der Waals surface area (Å²) in [6.45, 7) is 2.09. The number of rotatable bonds is 4. The molecule has 1 aliphatic carbocycles. The van der Waals surface area contributed by atoms with Gasteiger partial charge in [-0.05, 0) is 30.7 Å². The van der Waals surface area contributed by atoms with Gasteiger partial charge in [-0.1, -0.05) is 60.8 Å². The summed E-state index contributed by atoms with van der Waals surface area (Å²) < 4.78 is 0. The van der Waals surface area contributed by atoms with Gasteiger partial charge in [0.1, 0.15) is 10.3 Å². The molecule has 3 rings (SSSR count). The van der Waals surface area contributed by atoms with Crippen LogP contribution in [0, 0.1) is 0 Å². The first kappa shape index (κ1) is 13.8. The van der Waals surface area contributed by atoms with Crippen LogP contribution < -0.4 is 0 Å². The molecule has 2 nitrogen and oxygen atoms in total. The molecular weight excluding hydrogens is 291 g/mol. The average molecular weight is 307 g/mol. The number of aromatic nitrogens is 2. The van der Waals surface area contributed by atoms with Gasteiger partial charge >= 0.3 is 0 Å². The van der Waals surface area contributed by atoms with Crippen LogP contribution in [0.25, 0.3) is 11.4 Å². The quantitative estimate of drug-likeness (QED) is 0.718. The fourth-order valence-electron chi connectivity index (χ4n) is 2.46. The van der Waals surface area contributed by atoms with Crippen molar-refractivity contribution in [1.29, 1.82) is 0 Å². The molecular formula is C16H16Cl2N2. The van der Waals surface area contributed by atoms with Gasteiger partial charge in [-0.15, -0.1) is 0 Å². The lowest BCUT2D eigenvalue weighted by atomic mass is 10.0. The molecule has 1 saturated carbocycles. The first-order chi connectivity index (χ1) is 9.70. The fraction of sp³-hybridized carbons (Fsp3) is 0.375. The van der Waals surface area contributed by atoms with Crippen LogP contribution in [0.5, 0.6) is 0 Å². The van der Waals surface area contributed by atoms with E-state index in [4.69, 9.17) is 23.2 Å². The highest BCUT2D eigenvalue weighted by Crippen LogP contribution is 2.44. The summed E-state index contributed by atoms with van der Waals surface area (Å²) in [6, 6.07) is 8.27. The van der Waals surface area contributed by atoms with Crippen LogP contribution in [-0.2, 0) is 6.42 Å². The van der Waals surface area contributed by atoms with Crippen molar-refractivity contribution >= 4 is 23.2 Å². The third-order valence-electron chi connectivity index (χ3n) is 3.63. The van der Waals surface area contributed by atoms with Gasteiger partial charge in [-0.25, -0.2) is 9.97 Å². The maximum atomic E-state index is 6.28. The number of nitrogens with zero attached hydrogens (tertiary/aromatic N) is 2. The number of hydrogen-bond donors (Lipinski definition) is 0. The Kier molecular flexibility index (Phi) is 3.95. The van der Waals surface area contributed by atoms with Crippen LogP contribution in [0.1, 0.15) is 43.2 Å². The molecule has 0 amide bonds. The minimum Gasteiger partial charge on any atom is -0.216 e. The topological polar surface area (TPSA) is 25.8 Å². The predicted octanol–water partition coefficient (Wildman–Crippen LogP) is 5.28. The lowest BCUT2D eigenvalue weighted by Gasteiger charge is -2.10. The molecule has 20 heavy (non-hydrogen) atoms. The Morgan fingerprint density at radius 2 is 1.75 bits per heavy atom. The summed E-state index contributed by atoms with van der Waals surface area (Å²) in [5.74, 6) is 1.28. The van der Waals surface area contributed by atoms with Gasteiger partial charge in [0, 0.05) is 11.1 Å². The van der Waals surface area contributed by atoms with Gasteiger partial charge in [0.05, 0.1) is 0 Å². The molecule has 0 radical (unpaired) electrons. The molecule has 1 aliphatic rings. The molecule has 4 heteroatoms. The summed E-state index contributed by atoms with van der Waals surface area (Å²) >= 11 is 12.6. The van der Waals surface area contributed by atoms with E-state index >= 15 is 0 Å². The Balaban J connectivity index is 2.07. The predicted molar refractivity (Wildman–Crippen MR) is 83.5 cm³/mol. The van der Waals surface area contributed by atoms with Crippen molar-refractivity contribution in [3.8, 4) is 11.4 Å². The zero-order valence-corrected chi connectivity index (χ0v) is 12.9. The third-order valence-corrected chi connectivity index (χ3v) is 4.25. The molecule has 0 spiro atoms. The molecule has 0 N–H and O–H groups in total. The summed E-state index contributed by atoms with van der Waals surface area (Å²) in [5, 5.41) is 0.958. The van der Waals surface area contributed by atoms with Crippen molar-refractivity contribution in [3.63, 3.8) is 0 Å². The second-order valence-electron chi connectivity index (χ2n) is 5.22. The largest absolute Gasteiger partial charge is 0.216 e. The molecule has 104 valence electrons. The zero-order chi connectivity index (χ0) is 14.1. The Hall–Kier alpha value is -1.12. The molecule has 2 aromatic rings. The molecule has 1 aromatic carbocycles. The lowest BCUT2D eigenvalue weighted by Crippen LogP contribution is -1.99. The molecule has 0 saturated heterocycles. The number of hydrogen-bond acceptors (Lipinski definition) is 2. The Bertz CT molecular complexity index is 613. The van der Waals surface area contributed by atoms with E-state index in [2.05, 4.69) is 35.1 Å². The zero-order valence-electron chi connectivity index (χ0n) is 11.4. The standard InChI is InChI=1S/C16H16Cl2N2/c1-2-5-13-14(17)19-16(20-15(13)18)12-7-4-3-6-11(12)10-8-9-10/h3-4,6-7,10H,2,5,8-9H2,1H3. The highest BCUT2D eigenvalue weighted by atomic mass is 35.5. The van der Waals surface area contributed by atoms with Crippen molar-refractivity contribution in [3.05, 3.63) is 45.7 Å². The number of benzene rings is 1. The molecule has 0 bridgehead atoms. The van der Waals surface area contributed by atoms with E-state index in [1.54, 1.807) is 0 Å². The maximum Gasteiger partial charge on any atom is 0.162 e. The van der Waals surface area contributed by atoms with Crippen molar-refractivity contribution in [2.75, 3.05) is 0 Å². The molecule has 1 heterocycles. The van der Waals surface area contributed by atoms with Crippen molar-refractivity contribution in [1.82, 2.24) is 9.97 Å². The van der Waals surface area contributed by atoms with E-state index in [0.29, 0.717) is 22.0 Å². The summed E-state index contributed by atoms with van der Waals surface area (Å²) in [6.07, 6.45) is 4.27. The smallest absolute Gasteiger partial charge is 0.162 e. The van der Waals surface area contributed by atoms with E-state index < -0.39 is 0 Å². The van der Waals surface area contributed by atoms with Crippen LogP contribution in [0.2, 0.25) is 10.3 Å². The Morgan fingerprint density at radius 3 is 2.35 bits per heavy atom. The van der Waals surface area contributed by atoms with Crippen LogP contribution in [0.3, 0.4) is 0 Å². The number of halogens is 2. The molecule has 0 atom stereocenters. The Morgan fingerprint density at radius 1 is 1.10 bits per heavy atom. The van der Waals surface area contributed by atoms with Crippen molar-refractivity contribution < 1.29 is 0 Å². The fourth-order valence-corrected chi connectivity index (χ4v) is 3.04. The van der Waals surface area contributed by atoms with E-state index in [-0.39, 0.29) is 0 Å². The van der Waals surface area contributed by atoms with Crippen LogP contribution in [-0.4, -0.2) is 9.97 Å². The normalized spacial score (nSPS) is 14.6. The van der Waals surface area contributed by atoms with Gasteiger partial charge in [0.15, 0.2) is 5.82 Å². The monoisotopic (exact) mass is 306 g/mol. The van der Waals surface area contributed by atoms with Gasteiger partial charge in [0.2, 0.25) is 0 Å². The van der Waals surface area contributed by atoms with Gasteiger partial charge in [0.25, 0.3) is 0 Å². The summed E-state index contributed by atoms with van der Waals surface area (Å²) in [7, 11) is 0. The third kappa shape index (κ3) is 2.68. The molecule has 0 unspecified atom stereocenters. The summed E-state index contributed by atoms with van der Waals surface area (Å²) in [5.41, 5.74) is 3.22. The molecule has 1 fully saturated rings. The first-order valence-electron chi connectivity index (χ1n) is 7.02. The van der Waals surface area contributed by atoms with Gasteiger partial charge < -0.3 is 0 Å².